The third-order valence-electron chi connectivity index (χ3n) is 2.22. The van der Waals surface area contributed by atoms with Crippen molar-refractivity contribution in [2.24, 2.45) is 0 Å². The van der Waals surface area contributed by atoms with Gasteiger partial charge in [0.1, 0.15) is 0 Å². The number of methoxy groups -OCH3 is 1. The molecule has 1 amide bonds. The van der Waals surface area contributed by atoms with E-state index in [1.165, 1.54) is 11.8 Å². The van der Waals surface area contributed by atoms with Gasteiger partial charge in [0.25, 0.3) is 0 Å². The monoisotopic (exact) mass is 322 g/mol. The summed E-state index contributed by atoms with van der Waals surface area (Å²) < 4.78 is 4.93. The quantitative estimate of drug-likeness (QED) is 0.597. The maximum absolute atomic E-state index is 11.7. The molecule has 1 rings (SSSR count). The van der Waals surface area contributed by atoms with Crippen molar-refractivity contribution in [3.05, 3.63) is 22.2 Å². The van der Waals surface area contributed by atoms with Crippen LogP contribution in [-0.2, 0) is 9.53 Å². The number of rotatable bonds is 7. The number of nitrogen functional groups attached to an aromatic ring is 1. The van der Waals surface area contributed by atoms with Crippen LogP contribution >= 0.6 is 35.0 Å². The van der Waals surface area contributed by atoms with E-state index in [0.717, 1.165) is 12.2 Å². The summed E-state index contributed by atoms with van der Waals surface area (Å²) in [5.74, 6) is 1.08. The van der Waals surface area contributed by atoms with Crippen LogP contribution in [-0.4, -0.2) is 31.1 Å². The smallest absolute Gasteiger partial charge is 0.234 e. The van der Waals surface area contributed by atoms with Crippen LogP contribution in [0, 0.1) is 0 Å². The molecule has 1 aromatic rings. The molecule has 0 aromatic heterocycles. The second kappa shape index (κ2) is 8.53. The van der Waals surface area contributed by atoms with Crippen LogP contribution in [0.25, 0.3) is 0 Å². The molecular weight excluding hydrogens is 307 g/mol. The number of carbonyl (C=O) groups excluding carboxylic acids is 1. The highest BCUT2D eigenvalue weighted by molar-refractivity contribution is 7.99. The van der Waals surface area contributed by atoms with Gasteiger partial charge in [-0.15, -0.1) is 0 Å². The summed E-state index contributed by atoms with van der Waals surface area (Å²) in [6.07, 6.45) is 0.915. The standard InChI is InChI=1S/C12H16Cl2N2O2S/c1-18-3-2-4-19-7-11(17)16-12-9(14)5-8(13)6-10(12)15/h5-6H,2-4,7,15H2,1H3,(H,16,17). The number of halogens is 2. The predicted octanol–water partition coefficient (Wildman–Crippen LogP) is 3.28. The largest absolute Gasteiger partial charge is 0.397 e. The molecule has 0 unspecified atom stereocenters. The Balaban J connectivity index is 2.44. The third-order valence-corrected chi connectivity index (χ3v) is 3.78. The molecule has 1 aromatic carbocycles. The van der Waals surface area contributed by atoms with Crippen LogP contribution in [0.1, 0.15) is 6.42 Å². The first kappa shape index (κ1) is 16.4. The first-order chi connectivity index (χ1) is 9.04. The molecule has 7 heteroatoms. The molecule has 19 heavy (non-hydrogen) atoms. The Kier molecular flexibility index (Phi) is 7.38. The Morgan fingerprint density at radius 2 is 2.21 bits per heavy atom. The summed E-state index contributed by atoms with van der Waals surface area (Å²) in [7, 11) is 1.66. The molecule has 0 radical (unpaired) electrons. The van der Waals surface area contributed by atoms with E-state index in [-0.39, 0.29) is 5.91 Å². The lowest BCUT2D eigenvalue weighted by Crippen LogP contribution is -2.16. The van der Waals surface area contributed by atoms with Crippen LogP contribution in [0.5, 0.6) is 0 Å². The van der Waals surface area contributed by atoms with E-state index >= 15 is 0 Å². The van der Waals surface area contributed by atoms with Gasteiger partial charge in [-0.2, -0.15) is 11.8 Å². The molecule has 0 atom stereocenters. The number of nitrogens with one attached hydrogen (secondary N) is 1. The highest BCUT2D eigenvalue weighted by Gasteiger charge is 2.10. The van der Waals surface area contributed by atoms with Crippen LogP contribution in [0.4, 0.5) is 11.4 Å². The van der Waals surface area contributed by atoms with Gasteiger partial charge in [-0.05, 0) is 24.3 Å². The fourth-order valence-electron chi connectivity index (χ4n) is 1.37. The second-order valence-electron chi connectivity index (χ2n) is 3.80. The number of benzene rings is 1. The summed E-state index contributed by atoms with van der Waals surface area (Å²) in [5.41, 5.74) is 6.53. The van der Waals surface area contributed by atoms with Crippen molar-refractivity contribution >= 4 is 52.2 Å². The summed E-state index contributed by atoms with van der Waals surface area (Å²) in [4.78, 5) is 11.7. The molecule has 0 bridgehead atoms. The number of hydrogen-bond acceptors (Lipinski definition) is 4. The average molecular weight is 323 g/mol. The molecule has 0 saturated heterocycles. The van der Waals surface area contributed by atoms with E-state index in [0.29, 0.717) is 33.8 Å². The van der Waals surface area contributed by atoms with Crippen molar-refractivity contribution in [3.8, 4) is 0 Å². The lowest BCUT2D eigenvalue weighted by Gasteiger charge is -2.10. The van der Waals surface area contributed by atoms with E-state index < -0.39 is 0 Å². The number of hydrogen-bond donors (Lipinski definition) is 2. The zero-order chi connectivity index (χ0) is 14.3. The zero-order valence-electron chi connectivity index (χ0n) is 10.5. The van der Waals surface area contributed by atoms with Crippen molar-refractivity contribution in [1.29, 1.82) is 0 Å². The van der Waals surface area contributed by atoms with Crippen LogP contribution in [0.15, 0.2) is 12.1 Å². The van der Waals surface area contributed by atoms with E-state index in [1.54, 1.807) is 19.2 Å². The summed E-state index contributed by atoms with van der Waals surface area (Å²) in [6.45, 7) is 0.699. The van der Waals surface area contributed by atoms with E-state index in [9.17, 15) is 4.79 Å². The minimum absolute atomic E-state index is 0.140. The van der Waals surface area contributed by atoms with Crippen molar-refractivity contribution in [2.75, 3.05) is 36.3 Å². The second-order valence-corrected chi connectivity index (χ2v) is 5.75. The Morgan fingerprint density at radius 1 is 1.47 bits per heavy atom. The van der Waals surface area contributed by atoms with Gasteiger partial charge in [-0.1, -0.05) is 23.2 Å². The molecule has 0 aliphatic heterocycles. The molecule has 0 aliphatic rings. The summed E-state index contributed by atoms with van der Waals surface area (Å²) in [5, 5.41) is 3.47. The maximum atomic E-state index is 11.7. The molecular formula is C12H16Cl2N2O2S. The van der Waals surface area contributed by atoms with Gasteiger partial charge >= 0.3 is 0 Å². The summed E-state index contributed by atoms with van der Waals surface area (Å²) >= 11 is 13.3. The topological polar surface area (TPSA) is 64.3 Å². The molecule has 0 fully saturated rings. The third kappa shape index (κ3) is 5.91. The number of amides is 1. The fraction of sp³-hybridized carbons (Fsp3) is 0.417. The van der Waals surface area contributed by atoms with Crippen LogP contribution in [0.2, 0.25) is 10.0 Å². The van der Waals surface area contributed by atoms with Crippen molar-refractivity contribution in [2.45, 2.75) is 6.42 Å². The van der Waals surface area contributed by atoms with Gasteiger partial charge in [-0.25, -0.2) is 0 Å². The van der Waals surface area contributed by atoms with Gasteiger partial charge in [0.2, 0.25) is 5.91 Å². The minimum Gasteiger partial charge on any atom is -0.397 e. The van der Waals surface area contributed by atoms with Crippen LogP contribution < -0.4 is 11.1 Å². The number of anilines is 2. The number of nitrogens with two attached hydrogens (primary N) is 1. The maximum Gasteiger partial charge on any atom is 0.234 e. The molecule has 0 spiro atoms. The fourth-order valence-corrected chi connectivity index (χ4v) is 2.65. The molecule has 0 aliphatic carbocycles. The number of ether oxygens (including phenoxy) is 1. The zero-order valence-corrected chi connectivity index (χ0v) is 12.9. The van der Waals surface area contributed by atoms with Crippen molar-refractivity contribution in [3.63, 3.8) is 0 Å². The summed E-state index contributed by atoms with van der Waals surface area (Å²) in [6, 6.07) is 3.09. The SMILES string of the molecule is COCCCSCC(=O)Nc1c(N)cc(Cl)cc1Cl. The van der Waals surface area contributed by atoms with Gasteiger partial charge in [-0.3, -0.25) is 4.79 Å². The van der Waals surface area contributed by atoms with Gasteiger partial charge in [0, 0.05) is 18.7 Å². The predicted molar refractivity (Wildman–Crippen MR) is 83.3 cm³/mol. The Morgan fingerprint density at radius 3 is 2.84 bits per heavy atom. The first-order valence-corrected chi connectivity index (χ1v) is 7.56. The lowest BCUT2D eigenvalue weighted by atomic mass is 10.2. The first-order valence-electron chi connectivity index (χ1n) is 5.65. The molecule has 3 N–H and O–H groups in total. The van der Waals surface area contributed by atoms with E-state index in [1.807, 2.05) is 0 Å². The van der Waals surface area contributed by atoms with Gasteiger partial charge in [0.15, 0.2) is 0 Å². The highest BCUT2D eigenvalue weighted by Crippen LogP contribution is 2.32. The highest BCUT2D eigenvalue weighted by atomic mass is 35.5. The lowest BCUT2D eigenvalue weighted by molar-refractivity contribution is -0.113. The van der Waals surface area contributed by atoms with E-state index in [4.69, 9.17) is 33.7 Å². The van der Waals surface area contributed by atoms with Crippen molar-refractivity contribution < 1.29 is 9.53 Å². The van der Waals surface area contributed by atoms with Crippen molar-refractivity contribution in [1.82, 2.24) is 0 Å². The van der Waals surface area contributed by atoms with Crippen LogP contribution in [0.3, 0.4) is 0 Å². The Labute approximate surface area is 127 Å². The number of carbonyl (C=O) groups is 1. The molecule has 0 heterocycles. The average Bonchev–Trinajstić information content (AvgIpc) is 2.33. The molecule has 106 valence electrons. The van der Waals surface area contributed by atoms with E-state index in [2.05, 4.69) is 5.32 Å². The molecule has 0 saturated carbocycles. The minimum atomic E-state index is -0.140. The number of thioether (sulfide) groups is 1. The van der Waals surface area contributed by atoms with Gasteiger partial charge < -0.3 is 15.8 Å². The van der Waals surface area contributed by atoms with Gasteiger partial charge in [0.05, 0.1) is 22.2 Å². The molecule has 4 nitrogen and oxygen atoms in total. The normalized spacial score (nSPS) is 10.5. The Bertz CT molecular complexity index is 421. The Hall–Kier alpha value is -0.620.